The Balaban J connectivity index is 1.36. The Hall–Kier alpha value is -3.14. The number of hydrogen-bond donors (Lipinski definition) is 2. The Labute approximate surface area is 183 Å². The summed E-state index contributed by atoms with van der Waals surface area (Å²) in [6.45, 7) is 0.659. The van der Waals surface area contributed by atoms with Crippen molar-refractivity contribution in [1.82, 2.24) is 25.0 Å². The van der Waals surface area contributed by atoms with E-state index in [4.69, 9.17) is 0 Å². The third-order valence-corrected chi connectivity index (χ3v) is 7.24. The van der Waals surface area contributed by atoms with Gasteiger partial charge in [0.15, 0.2) is 0 Å². The van der Waals surface area contributed by atoms with Crippen molar-refractivity contribution in [3.8, 4) is 0 Å². The summed E-state index contributed by atoms with van der Waals surface area (Å²) in [4.78, 5) is 55.6. The fourth-order valence-electron chi connectivity index (χ4n) is 4.85. The molecule has 0 spiro atoms. The second-order valence-corrected chi connectivity index (χ2v) is 9.19. The van der Waals surface area contributed by atoms with Crippen LogP contribution < -0.4 is 10.6 Å². The third-order valence-electron chi connectivity index (χ3n) is 6.37. The lowest BCUT2D eigenvalue weighted by molar-refractivity contribution is -0.138. The maximum atomic E-state index is 13.5. The van der Waals surface area contributed by atoms with E-state index in [2.05, 4.69) is 10.6 Å². The van der Waals surface area contributed by atoms with E-state index in [0.717, 1.165) is 0 Å². The third kappa shape index (κ3) is 3.31. The molecule has 0 aliphatic carbocycles. The number of carbonyl (C=O) groups is 4. The van der Waals surface area contributed by atoms with Gasteiger partial charge in [-0.3, -0.25) is 19.2 Å². The fourth-order valence-corrected chi connectivity index (χ4v) is 5.48. The maximum absolute atomic E-state index is 13.5. The molecule has 3 fully saturated rings. The quantitative estimate of drug-likeness (QED) is 0.710. The van der Waals surface area contributed by atoms with Gasteiger partial charge in [-0.05, 0) is 36.4 Å². The van der Waals surface area contributed by atoms with E-state index in [-0.39, 0.29) is 36.2 Å². The van der Waals surface area contributed by atoms with Crippen molar-refractivity contribution in [2.45, 2.75) is 37.0 Å². The number of likely N-dealkylation sites (tertiary alicyclic amines) is 1. The number of rotatable bonds is 3. The van der Waals surface area contributed by atoms with Gasteiger partial charge in [0.2, 0.25) is 11.8 Å². The van der Waals surface area contributed by atoms with Gasteiger partial charge in [0, 0.05) is 32.4 Å². The second kappa shape index (κ2) is 7.52. The number of thiophene rings is 1. The van der Waals surface area contributed by atoms with Crippen LogP contribution in [0.1, 0.15) is 33.0 Å². The van der Waals surface area contributed by atoms with Gasteiger partial charge in [0.05, 0.1) is 10.9 Å². The number of nitrogens with zero attached hydrogens (tertiary/aromatic N) is 3. The first-order valence-electron chi connectivity index (χ1n) is 10.3. The van der Waals surface area contributed by atoms with E-state index >= 15 is 0 Å². The molecule has 0 bridgehead atoms. The first-order valence-corrected chi connectivity index (χ1v) is 11.2. The van der Waals surface area contributed by atoms with Crippen LogP contribution in [0.15, 0.2) is 35.8 Å². The number of hydrogen-bond acceptors (Lipinski definition) is 5. The van der Waals surface area contributed by atoms with Gasteiger partial charge in [-0.2, -0.15) is 0 Å². The molecular formula is C21H23N5O4S. The van der Waals surface area contributed by atoms with Crippen LogP contribution in [-0.4, -0.2) is 75.3 Å². The average Bonchev–Trinajstić information content (AvgIpc) is 3.52. The molecule has 2 aromatic rings. The van der Waals surface area contributed by atoms with E-state index in [0.29, 0.717) is 30.0 Å². The molecule has 9 nitrogen and oxygen atoms in total. The smallest absolute Gasteiger partial charge is 0.271 e. The topological polar surface area (TPSA) is 104 Å². The highest BCUT2D eigenvalue weighted by Crippen LogP contribution is 2.30. The Morgan fingerprint density at radius 3 is 2.77 bits per heavy atom. The first-order chi connectivity index (χ1) is 14.9. The molecule has 0 radical (unpaired) electrons. The highest BCUT2D eigenvalue weighted by Gasteiger charge is 2.52. The second-order valence-electron chi connectivity index (χ2n) is 8.24. The molecule has 5 rings (SSSR count). The lowest BCUT2D eigenvalue weighted by atomic mass is 10.1. The summed E-state index contributed by atoms with van der Waals surface area (Å²) in [5.74, 6) is -0.879. The zero-order chi connectivity index (χ0) is 21.7. The SMILES string of the molecule is Cn1cccc1C(=O)N1CC[C@@H]2NC(=O)[C@H]3C[C@H](NC(=O)c4cccs4)CN3C(=O)[C@H]21. The van der Waals surface area contributed by atoms with Gasteiger partial charge in [0.1, 0.15) is 17.8 Å². The van der Waals surface area contributed by atoms with Gasteiger partial charge < -0.3 is 25.0 Å². The van der Waals surface area contributed by atoms with Crippen molar-refractivity contribution >= 4 is 35.0 Å². The molecule has 0 saturated carbocycles. The molecule has 4 amide bonds. The molecule has 0 unspecified atom stereocenters. The minimum absolute atomic E-state index is 0.204. The number of carbonyl (C=O) groups excluding carboxylic acids is 4. The van der Waals surface area contributed by atoms with Crippen molar-refractivity contribution in [1.29, 1.82) is 0 Å². The van der Waals surface area contributed by atoms with Gasteiger partial charge in [0.25, 0.3) is 11.8 Å². The molecule has 3 aliphatic rings. The summed E-state index contributed by atoms with van der Waals surface area (Å²) in [7, 11) is 1.79. The van der Waals surface area contributed by atoms with Crippen LogP contribution in [0.2, 0.25) is 0 Å². The first kappa shape index (κ1) is 19.8. The van der Waals surface area contributed by atoms with Crippen molar-refractivity contribution in [3.63, 3.8) is 0 Å². The largest absolute Gasteiger partial charge is 0.349 e. The minimum Gasteiger partial charge on any atom is -0.349 e. The summed E-state index contributed by atoms with van der Waals surface area (Å²) in [6.07, 6.45) is 2.69. The van der Waals surface area contributed by atoms with Gasteiger partial charge in [-0.1, -0.05) is 6.07 Å². The number of aromatic nitrogens is 1. The Kier molecular flexibility index (Phi) is 4.81. The summed E-state index contributed by atoms with van der Waals surface area (Å²) in [5, 5.41) is 7.74. The molecular weight excluding hydrogens is 418 g/mol. The summed E-state index contributed by atoms with van der Waals surface area (Å²) >= 11 is 1.34. The molecule has 31 heavy (non-hydrogen) atoms. The Bertz CT molecular complexity index is 1050. The zero-order valence-corrected chi connectivity index (χ0v) is 17.8. The molecule has 2 aromatic heterocycles. The number of amides is 4. The lowest BCUT2D eigenvalue weighted by Gasteiger charge is -2.29. The molecule has 3 saturated heterocycles. The standard InChI is InChI=1S/C21H23N5O4S/c1-24-7-2-4-14(24)20(29)25-8-6-13-17(25)21(30)26-11-12(10-15(26)18(27)23-13)22-19(28)16-5-3-9-31-16/h2-5,7,9,12-13,15,17H,6,8,10-11H2,1H3,(H,22,28)(H,23,27)/t12-,13-,15+,17-/m0/s1. The Morgan fingerprint density at radius 2 is 2.06 bits per heavy atom. The van der Waals surface area contributed by atoms with Crippen LogP contribution in [0.3, 0.4) is 0 Å². The van der Waals surface area contributed by atoms with E-state index in [1.54, 1.807) is 47.0 Å². The number of fused-ring (bicyclic) bond motifs is 2. The number of nitrogens with one attached hydrogen (secondary N) is 2. The maximum Gasteiger partial charge on any atom is 0.271 e. The van der Waals surface area contributed by atoms with E-state index in [1.807, 2.05) is 5.38 Å². The van der Waals surface area contributed by atoms with Crippen molar-refractivity contribution in [2.24, 2.45) is 7.05 Å². The normalized spacial score (nSPS) is 27.5. The monoisotopic (exact) mass is 441 g/mol. The molecule has 10 heteroatoms. The lowest BCUT2D eigenvalue weighted by Crippen LogP contribution is -2.52. The summed E-state index contributed by atoms with van der Waals surface area (Å²) in [5.41, 5.74) is 0.503. The van der Waals surface area contributed by atoms with Crippen molar-refractivity contribution < 1.29 is 19.2 Å². The average molecular weight is 442 g/mol. The molecule has 4 atom stereocenters. The molecule has 3 aliphatic heterocycles. The summed E-state index contributed by atoms with van der Waals surface area (Å²) in [6, 6.07) is 4.97. The highest BCUT2D eigenvalue weighted by atomic mass is 32.1. The van der Waals surface area contributed by atoms with Crippen LogP contribution in [0, 0.1) is 0 Å². The summed E-state index contributed by atoms with van der Waals surface area (Å²) < 4.78 is 1.73. The van der Waals surface area contributed by atoms with Crippen LogP contribution >= 0.6 is 11.3 Å². The van der Waals surface area contributed by atoms with Crippen LogP contribution in [0.25, 0.3) is 0 Å². The predicted molar refractivity (Wildman–Crippen MR) is 112 cm³/mol. The van der Waals surface area contributed by atoms with Gasteiger partial charge in [-0.25, -0.2) is 0 Å². The van der Waals surface area contributed by atoms with Crippen molar-refractivity contribution in [3.05, 3.63) is 46.4 Å². The molecule has 0 aromatic carbocycles. The van der Waals surface area contributed by atoms with Gasteiger partial charge in [-0.15, -0.1) is 11.3 Å². The van der Waals surface area contributed by atoms with Crippen LogP contribution in [0.4, 0.5) is 0 Å². The predicted octanol–water partition coefficient (Wildman–Crippen LogP) is 0.199. The highest BCUT2D eigenvalue weighted by molar-refractivity contribution is 7.12. The van der Waals surface area contributed by atoms with Crippen LogP contribution in [-0.2, 0) is 16.6 Å². The van der Waals surface area contributed by atoms with E-state index in [1.165, 1.54) is 16.2 Å². The van der Waals surface area contributed by atoms with E-state index < -0.39 is 18.1 Å². The van der Waals surface area contributed by atoms with E-state index in [9.17, 15) is 19.2 Å². The van der Waals surface area contributed by atoms with Gasteiger partial charge >= 0.3 is 0 Å². The number of aryl methyl sites for hydroxylation is 1. The Morgan fingerprint density at radius 1 is 1.23 bits per heavy atom. The zero-order valence-electron chi connectivity index (χ0n) is 17.0. The fraction of sp³-hybridized carbons (Fsp3) is 0.429. The minimum atomic E-state index is -0.733. The molecule has 162 valence electrons. The molecule has 5 heterocycles. The molecule has 2 N–H and O–H groups in total. The van der Waals surface area contributed by atoms with Crippen molar-refractivity contribution in [2.75, 3.05) is 13.1 Å². The van der Waals surface area contributed by atoms with Crippen LogP contribution in [0.5, 0.6) is 0 Å².